The minimum absolute atomic E-state index is 0. The average molecular weight is 373 g/mol. The predicted molar refractivity (Wildman–Crippen MR) is 112 cm³/mol. The van der Waals surface area contributed by atoms with Crippen LogP contribution in [-0.2, 0) is 13.2 Å². The highest BCUT2D eigenvalue weighted by Gasteiger charge is 2.16. The van der Waals surface area contributed by atoms with E-state index in [2.05, 4.69) is 68.4 Å². The second kappa shape index (κ2) is 8.59. The monoisotopic (exact) mass is 372 g/mol. The molecule has 2 heterocycles. The third-order valence-corrected chi connectivity index (χ3v) is 4.95. The maximum absolute atomic E-state index is 6.20. The van der Waals surface area contributed by atoms with Crippen LogP contribution in [0.4, 0.5) is 0 Å². The van der Waals surface area contributed by atoms with Crippen LogP contribution in [0.15, 0.2) is 36.5 Å². The molecule has 1 aromatic carbocycles. The molecule has 0 aliphatic heterocycles. The molecule has 0 radical (unpaired) electrons. The fourth-order valence-corrected chi connectivity index (χ4v) is 3.29. The van der Waals surface area contributed by atoms with Crippen LogP contribution in [0.25, 0.3) is 11.0 Å². The minimum atomic E-state index is 0. The van der Waals surface area contributed by atoms with Crippen molar-refractivity contribution < 1.29 is 4.74 Å². The molecule has 0 fully saturated rings. The molecule has 3 aromatic rings. The predicted octanol–water partition coefficient (Wildman–Crippen LogP) is 6.19. The van der Waals surface area contributed by atoms with E-state index in [1.54, 1.807) is 0 Å². The molecule has 0 unspecified atom stereocenters. The van der Waals surface area contributed by atoms with Crippen LogP contribution in [0.5, 0.6) is 5.75 Å². The normalized spacial score (nSPS) is 11.0. The lowest BCUT2D eigenvalue weighted by atomic mass is 10.0. The number of benzene rings is 1. The van der Waals surface area contributed by atoms with E-state index in [0.29, 0.717) is 12.5 Å². The zero-order chi connectivity index (χ0) is 18.0. The fraction of sp³-hybridized carbons (Fsp3) is 0.409. The van der Waals surface area contributed by atoms with Gasteiger partial charge in [0.25, 0.3) is 0 Å². The van der Waals surface area contributed by atoms with Gasteiger partial charge in [0, 0.05) is 24.5 Å². The summed E-state index contributed by atoms with van der Waals surface area (Å²) in [6.07, 6.45) is 2.94. The Bertz CT molecular complexity index is 866. The van der Waals surface area contributed by atoms with Crippen molar-refractivity contribution in [3.63, 3.8) is 0 Å². The third kappa shape index (κ3) is 3.88. The molecule has 2 aromatic heterocycles. The molecular formula is C22H29ClN2O. The van der Waals surface area contributed by atoms with E-state index in [-0.39, 0.29) is 12.4 Å². The lowest BCUT2D eigenvalue weighted by molar-refractivity contribution is 0.308. The van der Waals surface area contributed by atoms with Gasteiger partial charge in [0.15, 0.2) is 0 Å². The van der Waals surface area contributed by atoms with E-state index in [1.165, 1.54) is 22.4 Å². The lowest BCUT2D eigenvalue weighted by Crippen LogP contribution is -2.02. The number of hydrogen-bond donors (Lipinski definition) is 0. The third-order valence-electron chi connectivity index (χ3n) is 4.95. The summed E-state index contributed by atoms with van der Waals surface area (Å²) in [5, 5.41) is 0. The van der Waals surface area contributed by atoms with E-state index in [1.807, 2.05) is 12.3 Å². The topological polar surface area (TPSA) is 27.1 Å². The van der Waals surface area contributed by atoms with Crippen molar-refractivity contribution in [2.24, 2.45) is 0 Å². The highest BCUT2D eigenvalue weighted by Crippen LogP contribution is 2.31. The number of nitrogens with zero attached hydrogens (tertiary/aromatic N) is 2. The quantitative estimate of drug-likeness (QED) is 0.516. The molecule has 140 valence electrons. The SMILES string of the molecule is CCCn1c(C)c(C)c2nccc(OCc3ccc(C(C)C)cc3)c21.Cl. The summed E-state index contributed by atoms with van der Waals surface area (Å²) in [5.74, 6) is 1.47. The zero-order valence-electron chi connectivity index (χ0n) is 16.4. The van der Waals surface area contributed by atoms with E-state index < -0.39 is 0 Å². The van der Waals surface area contributed by atoms with Gasteiger partial charge in [-0.1, -0.05) is 45.0 Å². The highest BCUT2D eigenvalue weighted by molar-refractivity contribution is 5.86. The summed E-state index contributed by atoms with van der Waals surface area (Å²) in [6, 6.07) is 10.7. The van der Waals surface area contributed by atoms with Crippen molar-refractivity contribution in [2.45, 2.75) is 60.1 Å². The molecule has 0 N–H and O–H groups in total. The van der Waals surface area contributed by atoms with Gasteiger partial charge in [0.1, 0.15) is 17.9 Å². The molecule has 0 amide bonds. The number of rotatable bonds is 6. The number of aromatic nitrogens is 2. The summed E-state index contributed by atoms with van der Waals surface area (Å²) in [4.78, 5) is 4.59. The summed E-state index contributed by atoms with van der Waals surface area (Å²) in [5.41, 5.74) is 7.25. The first kappa shape index (κ1) is 20.3. The van der Waals surface area contributed by atoms with Gasteiger partial charge in [-0.3, -0.25) is 4.98 Å². The van der Waals surface area contributed by atoms with Crippen LogP contribution in [-0.4, -0.2) is 9.55 Å². The average Bonchev–Trinajstić information content (AvgIpc) is 2.86. The largest absolute Gasteiger partial charge is 0.487 e. The maximum atomic E-state index is 6.20. The van der Waals surface area contributed by atoms with Gasteiger partial charge in [0.05, 0.1) is 5.52 Å². The van der Waals surface area contributed by atoms with Crippen molar-refractivity contribution >= 4 is 23.4 Å². The molecule has 0 aliphatic rings. The number of halogens is 1. The van der Waals surface area contributed by atoms with Crippen LogP contribution in [0, 0.1) is 13.8 Å². The van der Waals surface area contributed by atoms with E-state index >= 15 is 0 Å². The Labute approximate surface area is 162 Å². The lowest BCUT2D eigenvalue weighted by Gasteiger charge is -2.12. The minimum Gasteiger partial charge on any atom is -0.487 e. The molecule has 0 saturated carbocycles. The Morgan fingerprint density at radius 2 is 1.77 bits per heavy atom. The summed E-state index contributed by atoms with van der Waals surface area (Å²) < 4.78 is 8.54. The summed E-state index contributed by atoms with van der Waals surface area (Å²) >= 11 is 0. The number of hydrogen-bond acceptors (Lipinski definition) is 2. The number of pyridine rings is 1. The number of fused-ring (bicyclic) bond motifs is 1. The molecule has 4 heteroatoms. The summed E-state index contributed by atoms with van der Waals surface area (Å²) in [7, 11) is 0. The molecule has 0 bridgehead atoms. The van der Waals surface area contributed by atoms with Crippen LogP contribution in [0.3, 0.4) is 0 Å². The molecule has 0 atom stereocenters. The number of aryl methyl sites for hydroxylation is 2. The van der Waals surface area contributed by atoms with Crippen molar-refractivity contribution in [2.75, 3.05) is 0 Å². The second-order valence-electron chi connectivity index (χ2n) is 7.05. The first-order chi connectivity index (χ1) is 12.0. The van der Waals surface area contributed by atoms with Crippen LogP contribution >= 0.6 is 12.4 Å². The maximum Gasteiger partial charge on any atom is 0.147 e. The van der Waals surface area contributed by atoms with Gasteiger partial charge in [-0.15, -0.1) is 12.4 Å². The van der Waals surface area contributed by atoms with Crippen LogP contribution in [0.2, 0.25) is 0 Å². The Morgan fingerprint density at radius 3 is 2.38 bits per heavy atom. The summed E-state index contributed by atoms with van der Waals surface area (Å²) in [6.45, 7) is 12.5. The van der Waals surface area contributed by atoms with Gasteiger partial charge >= 0.3 is 0 Å². The molecule has 3 rings (SSSR count). The Morgan fingerprint density at radius 1 is 1.08 bits per heavy atom. The Balaban J connectivity index is 0.00000243. The van der Waals surface area contributed by atoms with Crippen LogP contribution in [0.1, 0.15) is 55.5 Å². The molecule has 26 heavy (non-hydrogen) atoms. The zero-order valence-corrected chi connectivity index (χ0v) is 17.2. The molecular weight excluding hydrogens is 344 g/mol. The molecule has 3 nitrogen and oxygen atoms in total. The number of ether oxygens (including phenoxy) is 1. The van der Waals surface area contributed by atoms with Gasteiger partial charge < -0.3 is 9.30 Å². The smallest absolute Gasteiger partial charge is 0.147 e. The van der Waals surface area contributed by atoms with Gasteiger partial charge in [-0.05, 0) is 42.9 Å². The van der Waals surface area contributed by atoms with Crippen molar-refractivity contribution in [3.05, 3.63) is 58.9 Å². The molecule has 0 saturated heterocycles. The Hall–Kier alpha value is -2.00. The molecule has 0 spiro atoms. The van der Waals surface area contributed by atoms with Gasteiger partial charge in [0.2, 0.25) is 0 Å². The van der Waals surface area contributed by atoms with E-state index in [0.717, 1.165) is 29.7 Å². The van der Waals surface area contributed by atoms with Crippen molar-refractivity contribution in [1.82, 2.24) is 9.55 Å². The first-order valence-electron chi connectivity index (χ1n) is 9.19. The standard InChI is InChI=1S/C22H28N2O.ClH/c1-6-13-24-17(5)16(4)21-22(24)20(11-12-23-21)25-14-18-7-9-19(10-8-18)15(2)3;/h7-12,15H,6,13-14H2,1-5H3;1H. The van der Waals surface area contributed by atoms with Gasteiger partial charge in [-0.2, -0.15) is 0 Å². The highest BCUT2D eigenvalue weighted by atomic mass is 35.5. The van der Waals surface area contributed by atoms with Crippen molar-refractivity contribution in [1.29, 1.82) is 0 Å². The molecule has 0 aliphatic carbocycles. The van der Waals surface area contributed by atoms with E-state index in [9.17, 15) is 0 Å². The van der Waals surface area contributed by atoms with Crippen LogP contribution < -0.4 is 4.74 Å². The van der Waals surface area contributed by atoms with Gasteiger partial charge in [-0.25, -0.2) is 0 Å². The van der Waals surface area contributed by atoms with Crippen molar-refractivity contribution in [3.8, 4) is 5.75 Å². The van der Waals surface area contributed by atoms with E-state index in [4.69, 9.17) is 4.74 Å². The Kier molecular flexibility index (Phi) is 6.71. The fourth-order valence-electron chi connectivity index (χ4n) is 3.29. The second-order valence-corrected chi connectivity index (χ2v) is 7.05. The first-order valence-corrected chi connectivity index (χ1v) is 9.19.